The average molecular weight is 443 g/mol. The first kappa shape index (κ1) is 24.0. The molecule has 0 aliphatic carbocycles. The van der Waals surface area contributed by atoms with Gasteiger partial charge < -0.3 is 20.5 Å². The minimum Gasteiger partial charge on any atom is -0.481 e. The molecule has 0 aromatic heterocycles. The van der Waals surface area contributed by atoms with Gasteiger partial charge in [0.05, 0.1) is 11.8 Å². The lowest BCUT2D eigenvalue weighted by atomic mass is 9.74. The summed E-state index contributed by atoms with van der Waals surface area (Å²) >= 11 is 0. The molecular weight excluding hydrogens is 408 g/mol. The number of ether oxygens (including phenoxy) is 1. The number of unbranched alkanes of at least 4 members (excludes halogenated alkanes) is 2. The van der Waals surface area contributed by atoms with Crippen LogP contribution in [0.15, 0.2) is 36.5 Å². The second-order valence-electron chi connectivity index (χ2n) is 8.91. The van der Waals surface area contributed by atoms with Crippen molar-refractivity contribution >= 4 is 17.8 Å². The summed E-state index contributed by atoms with van der Waals surface area (Å²) in [6, 6.07) is 7.88. The van der Waals surface area contributed by atoms with Crippen LogP contribution in [0.1, 0.15) is 63.0 Å². The quantitative estimate of drug-likeness (QED) is 0.341. The van der Waals surface area contributed by atoms with E-state index >= 15 is 0 Å². The Labute approximate surface area is 189 Å². The van der Waals surface area contributed by atoms with Crippen molar-refractivity contribution in [2.45, 2.75) is 76.4 Å². The van der Waals surface area contributed by atoms with Crippen LogP contribution in [0.3, 0.4) is 0 Å². The number of nitrogens with one attached hydrogen (secondary N) is 2. The first-order chi connectivity index (χ1) is 15.3. The van der Waals surface area contributed by atoms with Gasteiger partial charge in [0, 0.05) is 18.9 Å². The fraction of sp³-hybridized carbons (Fsp3) is 0.560. The second kappa shape index (κ2) is 10.8. The predicted octanol–water partition coefficient (Wildman–Crippen LogP) is 3.12. The monoisotopic (exact) mass is 442 g/mol. The molecule has 2 bridgehead atoms. The zero-order valence-corrected chi connectivity index (χ0v) is 18.8. The Balaban J connectivity index is 1.62. The van der Waals surface area contributed by atoms with E-state index < -0.39 is 11.6 Å². The third kappa shape index (κ3) is 5.76. The van der Waals surface area contributed by atoms with E-state index in [2.05, 4.69) is 24.1 Å². The fourth-order valence-electron chi connectivity index (χ4n) is 4.80. The van der Waals surface area contributed by atoms with Crippen molar-refractivity contribution in [3.63, 3.8) is 0 Å². The summed E-state index contributed by atoms with van der Waals surface area (Å²) in [6.45, 7) is 6.41. The van der Waals surface area contributed by atoms with Crippen LogP contribution in [-0.4, -0.2) is 41.1 Å². The Hall–Kier alpha value is -2.67. The molecule has 3 N–H and O–H groups in total. The predicted molar refractivity (Wildman–Crippen MR) is 121 cm³/mol. The molecule has 2 amide bonds. The minimum atomic E-state index is -0.951. The maximum absolute atomic E-state index is 13.2. The topological polar surface area (TPSA) is 105 Å². The molecule has 3 unspecified atom stereocenters. The molecule has 3 atom stereocenters. The first-order valence-electron chi connectivity index (χ1n) is 11.6. The number of amides is 2. The third-order valence-corrected chi connectivity index (χ3v) is 6.51. The third-order valence-electron chi connectivity index (χ3n) is 6.51. The number of aryl methyl sites for hydroxylation is 1. The van der Waals surface area contributed by atoms with Crippen LogP contribution in [0.5, 0.6) is 0 Å². The largest absolute Gasteiger partial charge is 0.481 e. The molecule has 174 valence electrons. The number of rotatable bonds is 12. The van der Waals surface area contributed by atoms with Gasteiger partial charge in [-0.15, -0.1) is 0 Å². The average Bonchev–Trinajstić information content (AvgIpc) is 3.35. The van der Waals surface area contributed by atoms with E-state index in [0.29, 0.717) is 25.8 Å². The van der Waals surface area contributed by atoms with Gasteiger partial charge in [0.25, 0.3) is 11.8 Å². The Morgan fingerprint density at radius 1 is 1.25 bits per heavy atom. The summed E-state index contributed by atoms with van der Waals surface area (Å²) in [5.41, 5.74) is 1.14. The number of fused-ring (bicyclic) bond motifs is 2. The van der Waals surface area contributed by atoms with Gasteiger partial charge in [-0.05, 0) is 49.7 Å². The van der Waals surface area contributed by atoms with Crippen LogP contribution in [0, 0.1) is 5.92 Å². The van der Waals surface area contributed by atoms with Crippen LogP contribution < -0.4 is 10.6 Å². The van der Waals surface area contributed by atoms with E-state index in [-0.39, 0.29) is 36.0 Å². The van der Waals surface area contributed by atoms with Crippen LogP contribution in [0.2, 0.25) is 0 Å². The van der Waals surface area contributed by atoms with Crippen molar-refractivity contribution < 1.29 is 24.2 Å². The van der Waals surface area contributed by atoms with Crippen LogP contribution in [-0.2, 0) is 32.0 Å². The lowest BCUT2D eigenvalue weighted by Gasteiger charge is -2.31. The first-order valence-corrected chi connectivity index (χ1v) is 11.6. The lowest BCUT2D eigenvalue weighted by Crippen LogP contribution is -2.51. The number of carboxylic acid groups (broad SMARTS) is 1. The van der Waals surface area contributed by atoms with Crippen molar-refractivity contribution in [3.05, 3.63) is 47.7 Å². The maximum atomic E-state index is 13.2. The molecule has 0 spiro atoms. The lowest BCUT2D eigenvalue weighted by molar-refractivity contribution is -0.143. The van der Waals surface area contributed by atoms with Crippen molar-refractivity contribution in [2.24, 2.45) is 5.92 Å². The van der Waals surface area contributed by atoms with Gasteiger partial charge in [0.2, 0.25) is 0 Å². The number of benzene rings is 1. The Morgan fingerprint density at radius 3 is 2.75 bits per heavy atom. The molecule has 2 aliphatic rings. The summed E-state index contributed by atoms with van der Waals surface area (Å²) in [7, 11) is 0. The van der Waals surface area contributed by atoms with Crippen molar-refractivity contribution in [1.82, 2.24) is 10.6 Å². The van der Waals surface area contributed by atoms with Crippen molar-refractivity contribution in [2.75, 3.05) is 6.54 Å². The summed E-state index contributed by atoms with van der Waals surface area (Å²) in [6.07, 6.45) is 6.54. The van der Waals surface area contributed by atoms with Gasteiger partial charge in [0.15, 0.2) is 5.60 Å². The number of carbonyl (C=O) groups is 3. The molecule has 1 aromatic carbocycles. The van der Waals surface area contributed by atoms with E-state index in [9.17, 15) is 14.4 Å². The highest BCUT2D eigenvalue weighted by Crippen LogP contribution is 2.49. The highest BCUT2D eigenvalue weighted by atomic mass is 16.5. The maximum Gasteiger partial charge on any atom is 0.303 e. The van der Waals surface area contributed by atoms with Crippen LogP contribution in [0.25, 0.3) is 0 Å². The minimum absolute atomic E-state index is 0.00334. The molecule has 1 aromatic rings. The standard InChI is InChI=1S/C25H34N2O5/c1-3-4-5-13-26-23(30)17(2)27-24(31)25-12-11-21(32-25)16-20(25)15-19-8-6-7-18(14-19)9-10-22(28)29/h6-8,14,20-21H,2-5,9-13,15-16H2,1H3,(H,26,30)(H,27,31)(H,28,29). The Morgan fingerprint density at radius 2 is 2.03 bits per heavy atom. The second-order valence-corrected chi connectivity index (χ2v) is 8.91. The molecule has 2 saturated heterocycles. The fourth-order valence-corrected chi connectivity index (χ4v) is 4.80. The summed E-state index contributed by atoms with van der Waals surface area (Å²) in [4.78, 5) is 36.4. The van der Waals surface area contributed by atoms with Crippen LogP contribution in [0.4, 0.5) is 0 Å². The molecule has 7 heteroatoms. The summed E-state index contributed by atoms with van der Waals surface area (Å²) in [5, 5.41) is 14.4. The van der Waals surface area contributed by atoms with Gasteiger partial charge in [-0.2, -0.15) is 0 Å². The highest BCUT2D eigenvalue weighted by Gasteiger charge is 2.58. The Kier molecular flexibility index (Phi) is 8.07. The molecule has 0 radical (unpaired) electrons. The van der Waals surface area contributed by atoms with Gasteiger partial charge in [0.1, 0.15) is 0 Å². The molecule has 3 rings (SSSR count). The van der Waals surface area contributed by atoms with E-state index in [1.807, 2.05) is 24.3 Å². The number of hydrogen-bond donors (Lipinski definition) is 3. The van der Waals surface area contributed by atoms with E-state index in [0.717, 1.165) is 43.2 Å². The zero-order valence-electron chi connectivity index (χ0n) is 18.8. The number of hydrogen-bond acceptors (Lipinski definition) is 4. The van der Waals surface area contributed by atoms with E-state index in [1.54, 1.807) is 0 Å². The normalized spacial score (nSPS) is 23.7. The molecule has 2 aliphatic heterocycles. The molecule has 2 heterocycles. The van der Waals surface area contributed by atoms with E-state index in [4.69, 9.17) is 9.84 Å². The molecule has 2 fully saturated rings. The molecular formula is C25H34N2O5. The number of carboxylic acids is 1. The van der Waals surface area contributed by atoms with Gasteiger partial charge in [-0.3, -0.25) is 14.4 Å². The van der Waals surface area contributed by atoms with Gasteiger partial charge in [-0.25, -0.2) is 0 Å². The van der Waals surface area contributed by atoms with Crippen molar-refractivity contribution in [3.8, 4) is 0 Å². The van der Waals surface area contributed by atoms with Gasteiger partial charge in [-0.1, -0.05) is 50.6 Å². The molecule has 7 nitrogen and oxygen atoms in total. The molecule has 32 heavy (non-hydrogen) atoms. The van der Waals surface area contributed by atoms with Crippen LogP contribution >= 0.6 is 0 Å². The summed E-state index contributed by atoms with van der Waals surface area (Å²) in [5.74, 6) is -1.47. The van der Waals surface area contributed by atoms with Crippen molar-refractivity contribution in [1.29, 1.82) is 0 Å². The Bertz CT molecular complexity index is 868. The number of carbonyl (C=O) groups excluding carboxylic acids is 2. The summed E-state index contributed by atoms with van der Waals surface area (Å²) < 4.78 is 6.15. The zero-order chi connectivity index (χ0) is 23.1. The molecule has 0 saturated carbocycles. The SMILES string of the molecule is C=C(NC(=O)C12CCC(CC1Cc1cccc(CCC(=O)O)c1)O2)C(=O)NCCCCC. The van der Waals surface area contributed by atoms with E-state index in [1.165, 1.54) is 0 Å². The smallest absolute Gasteiger partial charge is 0.303 e. The van der Waals surface area contributed by atoms with Gasteiger partial charge >= 0.3 is 5.97 Å². The number of aliphatic carboxylic acids is 1. The highest BCUT2D eigenvalue weighted by molar-refractivity contribution is 5.99.